The molecule has 0 aliphatic heterocycles. The Labute approximate surface area is 233 Å². The van der Waals surface area contributed by atoms with Gasteiger partial charge in [0.05, 0.1) is 37.6 Å². The highest BCUT2D eigenvalue weighted by Gasteiger charge is 2.29. The van der Waals surface area contributed by atoms with Crippen LogP contribution in [-0.2, 0) is 39.6 Å². The van der Waals surface area contributed by atoms with Crippen LogP contribution in [0.25, 0.3) is 0 Å². The molecule has 0 amide bonds. The number of rotatable bonds is 12. The molecule has 0 fully saturated rings. The zero-order valence-electron chi connectivity index (χ0n) is 22.7. The molecule has 4 rings (SSSR count). The topological polar surface area (TPSA) is 116 Å². The number of ether oxygens (including phenoxy) is 2. The third-order valence-electron chi connectivity index (χ3n) is 7.03. The fourth-order valence-electron chi connectivity index (χ4n) is 4.76. The fraction of sp³-hybridized carbons (Fsp3) is 0.242. The molecule has 0 aliphatic carbocycles. The van der Waals surface area contributed by atoms with E-state index in [-0.39, 0.29) is 60.2 Å². The second kappa shape index (κ2) is 13.4. The summed E-state index contributed by atoms with van der Waals surface area (Å²) >= 11 is 0. The molecule has 4 aromatic rings. The quantitative estimate of drug-likeness (QED) is 0.192. The van der Waals surface area contributed by atoms with Crippen molar-refractivity contribution in [2.45, 2.75) is 53.5 Å². The van der Waals surface area contributed by atoms with E-state index in [1.165, 1.54) is 0 Å². The van der Waals surface area contributed by atoms with Crippen LogP contribution in [0.15, 0.2) is 72.8 Å². The number of hydrogen-bond donors (Lipinski definition) is 4. The normalized spacial score (nSPS) is 10.9. The zero-order valence-corrected chi connectivity index (χ0v) is 22.7. The number of aliphatic hydroxyl groups excluding tert-OH is 4. The van der Waals surface area contributed by atoms with E-state index in [1.807, 2.05) is 60.7 Å². The minimum absolute atomic E-state index is 0.128. The molecule has 0 unspecified atom stereocenters. The maximum Gasteiger partial charge on any atom is 0.201 e. The molecule has 7 nitrogen and oxygen atoms in total. The lowest BCUT2D eigenvalue weighted by atomic mass is 9.88. The van der Waals surface area contributed by atoms with Gasteiger partial charge in [-0.3, -0.25) is 4.79 Å². The molecule has 0 spiro atoms. The molecule has 7 heteroatoms. The monoisotopic (exact) mass is 542 g/mol. The minimum atomic E-state index is -0.501. The molecule has 0 aromatic heterocycles. The SMILES string of the molecule is Cc1c(CO)cc(CO)c(C(=O)c2c(CO)cc(CO)c(C)c2OCc2ccccc2)c1OCc1ccccc1. The highest BCUT2D eigenvalue weighted by atomic mass is 16.5. The Bertz CT molecular complexity index is 1350. The lowest BCUT2D eigenvalue weighted by Crippen LogP contribution is -2.17. The van der Waals surface area contributed by atoms with Crippen molar-refractivity contribution in [2.24, 2.45) is 0 Å². The first-order chi connectivity index (χ1) is 19.4. The van der Waals surface area contributed by atoms with Crippen molar-refractivity contribution in [1.82, 2.24) is 0 Å². The van der Waals surface area contributed by atoms with Crippen LogP contribution in [0.1, 0.15) is 60.4 Å². The smallest absolute Gasteiger partial charge is 0.201 e. The maximum absolute atomic E-state index is 14.5. The van der Waals surface area contributed by atoms with Gasteiger partial charge in [-0.2, -0.15) is 0 Å². The Kier molecular flexibility index (Phi) is 9.69. The average molecular weight is 543 g/mol. The molecule has 0 atom stereocenters. The molecule has 0 heterocycles. The van der Waals surface area contributed by atoms with E-state index in [2.05, 4.69) is 0 Å². The van der Waals surface area contributed by atoms with Crippen LogP contribution >= 0.6 is 0 Å². The molecule has 208 valence electrons. The van der Waals surface area contributed by atoms with Gasteiger partial charge in [-0.15, -0.1) is 0 Å². The molecule has 4 aromatic carbocycles. The predicted molar refractivity (Wildman–Crippen MR) is 151 cm³/mol. The molecule has 0 aliphatic rings. The summed E-state index contributed by atoms with van der Waals surface area (Å²) < 4.78 is 12.4. The van der Waals surface area contributed by atoms with Gasteiger partial charge in [0.2, 0.25) is 5.78 Å². The summed E-state index contributed by atoms with van der Waals surface area (Å²) in [7, 11) is 0. The summed E-state index contributed by atoms with van der Waals surface area (Å²) in [6.45, 7) is 2.28. The van der Waals surface area contributed by atoms with Gasteiger partial charge >= 0.3 is 0 Å². The average Bonchev–Trinajstić information content (AvgIpc) is 3.00. The molecule has 0 saturated carbocycles. The lowest BCUT2D eigenvalue weighted by Gasteiger charge is -2.23. The van der Waals surface area contributed by atoms with E-state index in [1.54, 1.807) is 26.0 Å². The van der Waals surface area contributed by atoms with Crippen LogP contribution in [-0.4, -0.2) is 26.2 Å². The first-order valence-electron chi connectivity index (χ1n) is 13.1. The van der Waals surface area contributed by atoms with Crippen molar-refractivity contribution >= 4 is 5.78 Å². The lowest BCUT2D eigenvalue weighted by molar-refractivity contribution is 0.102. The third-order valence-corrected chi connectivity index (χ3v) is 7.03. The zero-order chi connectivity index (χ0) is 28.6. The van der Waals surface area contributed by atoms with Crippen LogP contribution in [0.2, 0.25) is 0 Å². The second-order valence-corrected chi connectivity index (χ2v) is 9.56. The minimum Gasteiger partial charge on any atom is -0.488 e. The first-order valence-corrected chi connectivity index (χ1v) is 13.1. The molecular weight excluding hydrogens is 508 g/mol. The molecule has 0 radical (unpaired) electrons. The van der Waals surface area contributed by atoms with Crippen LogP contribution in [0.5, 0.6) is 11.5 Å². The molecule has 0 bridgehead atoms. The van der Waals surface area contributed by atoms with E-state index in [9.17, 15) is 25.2 Å². The van der Waals surface area contributed by atoms with Gasteiger partial charge in [-0.1, -0.05) is 60.7 Å². The highest BCUT2D eigenvalue weighted by Crippen LogP contribution is 2.38. The fourth-order valence-corrected chi connectivity index (χ4v) is 4.76. The Morgan fingerprint density at radius 1 is 0.575 bits per heavy atom. The van der Waals surface area contributed by atoms with Crippen LogP contribution in [0.3, 0.4) is 0 Å². The Morgan fingerprint density at radius 2 is 0.925 bits per heavy atom. The van der Waals surface area contributed by atoms with Gasteiger partial charge in [0.1, 0.15) is 24.7 Å². The Morgan fingerprint density at radius 3 is 1.25 bits per heavy atom. The van der Waals surface area contributed by atoms with E-state index in [4.69, 9.17) is 9.47 Å². The molecule has 0 saturated heterocycles. The van der Waals surface area contributed by atoms with E-state index >= 15 is 0 Å². The van der Waals surface area contributed by atoms with Gasteiger partial charge in [0.15, 0.2) is 0 Å². The number of ketones is 1. The number of benzene rings is 4. The van der Waals surface area contributed by atoms with Crippen molar-refractivity contribution in [1.29, 1.82) is 0 Å². The van der Waals surface area contributed by atoms with E-state index in [0.29, 0.717) is 22.3 Å². The van der Waals surface area contributed by atoms with Crippen molar-refractivity contribution in [3.8, 4) is 11.5 Å². The van der Waals surface area contributed by atoms with E-state index < -0.39 is 19.0 Å². The Hall–Kier alpha value is -4.01. The number of carbonyl (C=O) groups excluding carboxylic acids is 1. The van der Waals surface area contributed by atoms with Crippen LogP contribution < -0.4 is 9.47 Å². The number of aliphatic hydroxyl groups is 4. The van der Waals surface area contributed by atoms with Crippen molar-refractivity contribution in [3.63, 3.8) is 0 Å². The van der Waals surface area contributed by atoms with Gasteiger partial charge in [0.25, 0.3) is 0 Å². The van der Waals surface area contributed by atoms with Gasteiger partial charge < -0.3 is 29.9 Å². The van der Waals surface area contributed by atoms with Crippen molar-refractivity contribution in [2.75, 3.05) is 0 Å². The summed E-state index contributed by atoms with van der Waals surface area (Å²) in [5.41, 5.74) is 4.77. The van der Waals surface area contributed by atoms with E-state index in [0.717, 1.165) is 11.1 Å². The van der Waals surface area contributed by atoms with Crippen LogP contribution in [0.4, 0.5) is 0 Å². The highest BCUT2D eigenvalue weighted by molar-refractivity contribution is 6.14. The summed E-state index contributed by atoms with van der Waals surface area (Å²) in [6.07, 6.45) is 0. The largest absolute Gasteiger partial charge is 0.488 e. The summed E-state index contributed by atoms with van der Waals surface area (Å²) in [5.74, 6) is -0.0168. The molecule has 4 N–H and O–H groups in total. The summed E-state index contributed by atoms with van der Waals surface area (Å²) in [5, 5.41) is 40.6. The number of carbonyl (C=O) groups is 1. The first kappa shape index (κ1) is 29.0. The molecular formula is C33H34O7. The van der Waals surface area contributed by atoms with Gasteiger partial charge in [0, 0.05) is 0 Å². The summed E-state index contributed by atoms with van der Waals surface area (Å²) in [6, 6.07) is 22.1. The maximum atomic E-state index is 14.5. The van der Waals surface area contributed by atoms with Gasteiger partial charge in [-0.05, 0) is 70.5 Å². The third kappa shape index (κ3) is 6.08. The van der Waals surface area contributed by atoms with Crippen molar-refractivity contribution in [3.05, 3.63) is 128 Å². The van der Waals surface area contributed by atoms with Crippen molar-refractivity contribution < 1.29 is 34.7 Å². The standard InChI is InChI=1S/C33H34O7/c1-21-25(15-34)13-27(17-36)29(32(21)39-19-23-9-5-3-6-10-23)31(38)30-28(18-37)14-26(16-35)22(2)33(30)40-20-24-11-7-4-8-12-24/h3-14,34-37H,15-20H2,1-2H3. The summed E-state index contributed by atoms with van der Waals surface area (Å²) in [4.78, 5) is 14.5. The predicted octanol–water partition coefficient (Wildman–Crippen LogP) is 4.66. The Balaban J connectivity index is 1.89. The van der Waals surface area contributed by atoms with Gasteiger partial charge in [-0.25, -0.2) is 0 Å². The van der Waals surface area contributed by atoms with Crippen LogP contribution in [0, 0.1) is 13.8 Å². The number of hydrogen-bond acceptors (Lipinski definition) is 7. The molecule has 40 heavy (non-hydrogen) atoms. The second-order valence-electron chi connectivity index (χ2n) is 9.56.